The first kappa shape index (κ1) is 19.8. The molecule has 0 spiro atoms. The molecular formula is C21H19F2N3O4. The predicted molar refractivity (Wildman–Crippen MR) is 105 cm³/mol. The number of piperidine rings is 1. The van der Waals surface area contributed by atoms with Gasteiger partial charge in [-0.1, -0.05) is 12.1 Å². The summed E-state index contributed by atoms with van der Waals surface area (Å²) in [6.45, 7) is 0.316. The summed E-state index contributed by atoms with van der Waals surface area (Å²) in [4.78, 5) is 41.6. The van der Waals surface area contributed by atoms with Gasteiger partial charge in [0.15, 0.2) is 11.6 Å². The van der Waals surface area contributed by atoms with Crippen LogP contribution in [-0.2, 0) is 11.3 Å². The molecule has 0 bridgehead atoms. The van der Waals surface area contributed by atoms with Crippen molar-refractivity contribution in [3.8, 4) is 5.75 Å². The minimum absolute atomic E-state index is 0.0320. The van der Waals surface area contributed by atoms with Crippen LogP contribution in [0.15, 0.2) is 52.1 Å². The lowest BCUT2D eigenvalue weighted by atomic mass is 10.1. The maximum atomic E-state index is 13.7. The van der Waals surface area contributed by atoms with Crippen LogP contribution in [0.1, 0.15) is 12.8 Å². The molecule has 1 N–H and O–H groups in total. The van der Waals surface area contributed by atoms with Crippen molar-refractivity contribution in [3.63, 3.8) is 0 Å². The highest BCUT2D eigenvalue weighted by atomic mass is 19.1. The van der Waals surface area contributed by atoms with Gasteiger partial charge in [0.25, 0.3) is 5.56 Å². The van der Waals surface area contributed by atoms with Crippen molar-refractivity contribution >= 4 is 16.8 Å². The number of aromatic amines is 1. The highest BCUT2D eigenvalue weighted by Crippen LogP contribution is 2.23. The number of fused-ring (bicyclic) bond motifs is 1. The molecule has 1 saturated heterocycles. The molecule has 1 aliphatic rings. The minimum atomic E-state index is -0.775. The van der Waals surface area contributed by atoms with Crippen LogP contribution in [-0.4, -0.2) is 39.6 Å². The number of carbonyl (C=O) groups excluding carboxylic acids is 1. The van der Waals surface area contributed by atoms with Crippen molar-refractivity contribution in [2.45, 2.75) is 25.5 Å². The van der Waals surface area contributed by atoms with Crippen LogP contribution >= 0.6 is 0 Å². The molecule has 0 radical (unpaired) electrons. The molecule has 7 nitrogen and oxygen atoms in total. The molecule has 9 heteroatoms. The molecule has 0 unspecified atom stereocenters. The fourth-order valence-corrected chi connectivity index (χ4v) is 3.55. The number of ether oxygens (including phenoxy) is 1. The molecule has 2 heterocycles. The zero-order chi connectivity index (χ0) is 21.3. The number of hydrogen-bond donors (Lipinski definition) is 1. The Hall–Kier alpha value is -3.49. The fraction of sp³-hybridized carbons (Fsp3) is 0.286. The third-order valence-corrected chi connectivity index (χ3v) is 5.17. The fourth-order valence-electron chi connectivity index (χ4n) is 3.55. The van der Waals surface area contributed by atoms with E-state index in [-0.39, 0.29) is 24.3 Å². The number of hydrogen-bond acceptors (Lipinski definition) is 4. The largest absolute Gasteiger partial charge is 0.487 e. The second-order valence-corrected chi connectivity index (χ2v) is 7.14. The van der Waals surface area contributed by atoms with Gasteiger partial charge < -0.3 is 14.6 Å². The topological polar surface area (TPSA) is 84.4 Å². The van der Waals surface area contributed by atoms with E-state index in [0.717, 1.165) is 16.7 Å². The number of likely N-dealkylation sites (tertiary alicyclic amines) is 1. The number of nitrogens with one attached hydrogen (secondary N) is 1. The molecule has 1 aromatic heterocycles. The maximum Gasteiger partial charge on any atom is 0.329 e. The summed E-state index contributed by atoms with van der Waals surface area (Å²) in [6.07, 6.45) is 0.581. The normalized spacial score (nSPS) is 14.8. The molecule has 4 rings (SSSR count). The molecule has 1 fully saturated rings. The number of aromatic nitrogens is 2. The molecule has 0 aliphatic carbocycles. The maximum absolute atomic E-state index is 13.7. The quantitative estimate of drug-likeness (QED) is 0.707. The summed E-state index contributed by atoms with van der Waals surface area (Å²) in [7, 11) is 0. The lowest BCUT2D eigenvalue weighted by molar-refractivity contribution is -0.133. The Bertz CT molecular complexity index is 1210. The Morgan fingerprint density at radius 2 is 1.83 bits per heavy atom. The monoisotopic (exact) mass is 415 g/mol. The van der Waals surface area contributed by atoms with E-state index in [0.29, 0.717) is 36.8 Å². The molecule has 3 aromatic rings. The second-order valence-electron chi connectivity index (χ2n) is 7.14. The van der Waals surface area contributed by atoms with Crippen LogP contribution < -0.4 is 16.0 Å². The van der Waals surface area contributed by atoms with Gasteiger partial charge in [0.05, 0.1) is 10.9 Å². The number of para-hydroxylation sites is 1. The van der Waals surface area contributed by atoms with E-state index >= 15 is 0 Å². The van der Waals surface area contributed by atoms with Gasteiger partial charge in [-0.3, -0.25) is 14.2 Å². The molecule has 156 valence electrons. The van der Waals surface area contributed by atoms with Gasteiger partial charge in [-0.15, -0.1) is 0 Å². The molecule has 1 aliphatic heterocycles. The molecular weight excluding hydrogens is 396 g/mol. The first-order valence-corrected chi connectivity index (χ1v) is 9.54. The van der Waals surface area contributed by atoms with Gasteiger partial charge in [0, 0.05) is 32.0 Å². The number of H-pyrrole nitrogens is 1. The van der Waals surface area contributed by atoms with Crippen molar-refractivity contribution in [2.75, 3.05) is 13.1 Å². The highest BCUT2D eigenvalue weighted by Gasteiger charge is 2.25. The summed E-state index contributed by atoms with van der Waals surface area (Å²) in [5.41, 5.74) is -0.744. The summed E-state index contributed by atoms with van der Waals surface area (Å²) in [5.74, 6) is -1.85. The van der Waals surface area contributed by atoms with Gasteiger partial charge in [0.2, 0.25) is 5.91 Å². The van der Waals surface area contributed by atoms with Gasteiger partial charge in [0.1, 0.15) is 18.5 Å². The van der Waals surface area contributed by atoms with E-state index in [9.17, 15) is 23.2 Å². The SMILES string of the molecule is O=C(Cn1c(=O)[nH]c2ccccc2c1=O)N1CCC(Oc2ccc(F)cc2F)CC1. The Morgan fingerprint density at radius 3 is 2.57 bits per heavy atom. The van der Waals surface area contributed by atoms with Gasteiger partial charge in [-0.2, -0.15) is 0 Å². The van der Waals surface area contributed by atoms with Crippen LogP contribution in [0.2, 0.25) is 0 Å². The van der Waals surface area contributed by atoms with Crippen molar-refractivity contribution in [2.24, 2.45) is 0 Å². The Kier molecular flexibility index (Phi) is 5.35. The summed E-state index contributed by atoms with van der Waals surface area (Å²) in [5, 5.41) is 0.332. The van der Waals surface area contributed by atoms with E-state index in [1.54, 1.807) is 29.2 Å². The van der Waals surface area contributed by atoms with Gasteiger partial charge in [-0.25, -0.2) is 13.6 Å². The van der Waals surface area contributed by atoms with E-state index in [4.69, 9.17) is 4.74 Å². The summed E-state index contributed by atoms with van der Waals surface area (Å²) < 4.78 is 33.2. The van der Waals surface area contributed by atoms with Crippen LogP contribution in [0.25, 0.3) is 10.9 Å². The second kappa shape index (κ2) is 8.10. The van der Waals surface area contributed by atoms with Crippen molar-refractivity contribution in [1.29, 1.82) is 0 Å². The number of carbonyl (C=O) groups is 1. The zero-order valence-corrected chi connectivity index (χ0v) is 15.9. The van der Waals surface area contributed by atoms with Crippen molar-refractivity contribution < 1.29 is 18.3 Å². The number of amides is 1. The van der Waals surface area contributed by atoms with Crippen LogP contribution in [0.5, 0.6) is 5.75 Å². The molecule has 0 saturated carbocycles. The number of rotatable bonds is 4. The summed E-state index contributed by atoms with van der Waals surface area (Å²) >= 11 is 0. The minimum Gasteiger partial charge on any atom is -0.487 e. The van der Waals surface area contributed by atoms with E-state index in [1.807, 2.05) is 0 Å². The average Bonchev–Trinajstić information content (AvgIpc) is 2.73. The van der Waals surface area contributed by atoms with Crippen LogP contribution in [0, 0.1) is 11.6 Å². The lowest BCUT2D eigenvalue weighted by Gasteiger charge is -2.32. The van der Waals surface area contributed by atoms with E-state index < -0.39 is 22.9 Å². The molecule has 30 heavy (non-hydrogen) atoms. The first-order valence-electron chi connectivity index (χ1n) is 9.54. The van der Waals surface area contributed by atoms with Crippen molar-refractivity contribution in [1.82, 2.24) is 14.5 Å². The number of benzene rings is 2. The molecule has 1 amide bonds. The third-order valence-electron chi connectivity index (χ3n) is 5.17. The predicted octanol–water partition coefficient (Wildman–Crippen LogP) is 2.04. The Balaban J connectivity index is 1.41. The third kappa shape index (κ3) is 3.96. The smallest absolute Gasteiger partial charge is 0.329 e. The highest BCUT2D eigenvalue weighted by molar-refractivity contribution is 5.79. The van der Waals surface area contributed by atoms with E-state index in [1.165, 1.54) is 6.07 Å². The standard InChI is InChI=1S/C21H19F2N3O4/c22-13-5-6-18(16(23)11-13)30-14-7-9-25(10-8-14)19(27)12-26-20(28)15-3-1-2-4-17(15)24-21(26)29/h1-6,11,14H,7-10,12H2,(H,24,29). The number of nitrogens with zero attached hydrogens (tertiary/aromatic N) is 2. The zero-order valence-electron chi connectivity index (χ0n) is 15.9. The summed E-state index contributed by atoms with van der Waals surface area (Å²) in [6, 6.07) is 9.72. The van der Waals surface area contributed by atoms with Gasteiger partial charge >= 0.3 is 5.69 Å². The lowest BCUT2D eigenvalue weighted by Crippen LogP contribution is -2.46. The Labute approximate surface area is 169 Å². The molecule has 0 atom stereocenters. The van der Waals surface area contributed by atoms with Crippen LogP contribution in [0.4, 0.5) is 8.78 Å². The van der Waals surface area contributed by atoms with Crippen molar-refractivity contribution in [3.05, 3.63) is 74.9 Å². The number of halogens is 2. The van der Waals surface area contributed by atoms with Gasteiger partial charge in [-0.05, 0) is 24.3 Å². The molecule has 2 aromatic carbocycles. The Morgan fingerprint density at radius 1 is 1.10 bits per heavy atom. The first-order chi connectivity index (χ1) is 14.4. The van der Waals surface area contributed by atoms with E-state index in [2.05, 4.69) is 4.98 Å². The average molecular weight is 415 g/mol. The van der Waals surface area contributed by atoms with Crippen LogP contribution in [0.3, 0.4) is 0 Å².